The molecule has 0 atom stereocenters. The molecule has 4 heteroatoms. The highest BCUT2D eigenvalue weighted by Crippen LogP contribution is 1.82. The summed E-state index contributed by atoms with van der Waals surface area (Å²) in [4.78, 5) is 19.7. The van der Waals surface area contributed by atoms with Gasteiger partial charge in [-0.15, -0.1) is 0 Å². The molecule has 12 heavy (non-hydrogen) atoms. The van der Waals surface area contributed by atoms with Gasteiger partial charge in [-0.2, -0.15) is 0 Å². The monoisotopic (exact) mass is 166 g/mol. The molecule has 0 radical (unpaired) electrons. The Morgan fingerprint density at radius 1 is 0.917 bits per heavy atom. The predicted octanol–water partition coefficient (Wildman–Crippen LogP) is -0.0574. The summed E-state index contributed by atoms with van der Waals surface area (Å²) in [7, 11) is 0. The van der Waals surface area contributed by atoms with Crippen LogP contribution in [0.2, 0.25) is 0 Å². The number of aliphatic carboxylic acids is 2. The third-order valence-corrected chi connectivity index (χ3v) is 0.766. The highest BCUT2D eigenvalue weighted by Gasteiger charge is 1.83. The minimum absolute atomic E-state index is 0.270. The van der Waals surface area contributed by atoms with Gasteiger partial charge in [0.15, 0.2) is 0 Å². The van der Waals surface area contributed by atoms with Gasteiger partial charge < -0.3 is 10.2 Å². The number of carboxylic acid groups (broad SMARTS) is 2. The van der Waals surface area contributed by atoms with E-state index in [2.05, 4.69) is 11.8 Å². The Balaban J connectivity index is 3.63. The number of rotatable bonds is 1. The largest absolute Gasteiger partial charge is 0.472 e. The summed E-state index contributed by atoms with van der Waals surface area (Å²) in [6.07, 6.45) is 0.541. The van der Waals surface area contributed by atoms with Crippen LogP contribution < -0.4 is 0 Å². The summed E-state index contributed by atoms with van der Waals surface area (Å²) in [6, 6.07) is 0. The lowest BCUT2D eigenvalue weighted by atomic mass is 10.3. The Labute approximate surface area is 69.2 Å². The fraction of sp³-hybridized carbons (Fsp3) is 0.250. The standard InChI is InChI=1S/C8H6O4/c9-7(10)5-3-1-2-4-6-8(11)12/h1-2H2,(H,9,10)(H,11,12). The maximum absolute atomic E-state index is 9.84. The van der Waals surface area contributed by atoms with Crippen LogP contribution in [0.15, 0.2) is 0 Å². The van der Waals surface area contributed by atoms with Crippen LogP contribution in [0.3, 0.4) is 0 Å². The van der Waals surface area contributed by atoms with Crippen molar-refractivity contribution in [3.8, 4) is 23.7 Å². The first-order valence-electron chi connectivity index (χ1n) is 3.06. The lowest BCUT2D eigenvalue weighted by Gasteiger charge is -1.76. The molecular formula is C8H6O4. The van der Waals surface area contributed by atoms with E-state index in [-0.39, 0.29) is 12.8 Å². The fourth-order valence-corrected chi connectivity index (χ4v) is 0.401. The molecule has 0 rings (SSSR count). The predicted molar refractivity (Wildman–Crippen MR) is 40.1 cm³/mol. The van der Waals surface area contributed by atoms with Crippen LogP contribution in [0.4, 0.5) is 0 Å². The van der Waals surface area contributed by atoms with Gasteiger partial charge in [0, 0.05) is 24.7 Å². The van der Waals surface area contributed by atoms with E-state index in [0.717, 1.165) is 0 Å². The molecule has 0 fully saturated rings. The average Bonchev–Trinajstić information content (AvgIpc) is 1.95. The summed E-state index contributed by atoms with van der Waals surface area (Å²) < 4.78 is 0. The van der Waals surface area contributed by atoms with Crippen LogP contribution >= 0.6 is 0 Å². The number of carbonyl (C=O) groups is 2. The average molecular weight is 166 g/mol. The SMILES string of the molecule is O=C(O)C#CCCC#CC(=O)O. The van der Waals surface area contributed by atoms with E-state index in [9.17, 15) is 9.59 Å². The van der Waals surface area contributed by atoms with Crippen LogP contribution in [0, 0.1) is 23.7 Å². The van der Waals surface area contributed by atoms with Crippen LogP contribution in [0.1, 0.15) is 12.8 Å². The molecule has 0 saturated heterocycles. The topological polar surface area (TPSA) is 74.6 Å². The van der Waals surface area contributed by atoms with E-state index < -0.39 is 11.9 Å². The van der Waals surface area contributed by atoms with Gasteiger partial charge in [0.25, 0.3) is 0 Å². The van der Waals surface area contributed by atoms with Crippen LogP contribution in [-0.2, 0) is 9.59 Å². The molecule has 62 valence electrons. The Hall–Kier alpha value is -1.94. The molecule has 2 N–H and O–H groups in total. The molecular weight excluding hydrogens is 160 g/mol. The Kier molecular flexibility index (Phi) is 4.88. The molecule has 4 nitrogen and oxygen atoms in total. The van der Waals surface area contributed by atoms with Crippen molar-refractivity contribution in [3.63, 3.8) is 0 Å². The zero-order chi connectivity index (χ0) is 9.40. The maximum atomic E-state index is 9.84. The van der Waals surface area contributed by atoms with Crippen molar-refractivity contribution in [2.75, 3.05) is 0 Å². The molecule has 0 aromatic carbocycles. The third kappa shape index (κ3) is 8.06. The van der Waals surface area contributed by atoms with Gasteiger partial charge in [0.2, 0.25) is 0 Å². The van der Waals surface area contributed by atoms with Gasteiger partial charge in [0.1, 0.15) is 0 Å². The van der Waals surface area contributed by atoms with Gasteiger partial charge in [-0.25, -0.2) is 9.59 Å². The summed E-state index contributed by atoms with van der Waals surface area (Å²) in [6.45, 7) is 0. The molecule has 0 amide bonds. The van der Waals surface area contributed by atoms with Gasteiger partial charge in [-0.1, -0.05) is 11.8 Å². The molecule has 0 aromatic heterocycles. The summed E-state index contributed by atoms with van der Waals surface area (Å²) in [5.41, 5.74) is 0. The van der Waals surface area contributed by atoms with E-state index >= 15 is 0 Å². The zero-order valence-electron chi connectivity index (χ0n) is 6.13. The lowest BCUT2D eigenvalue weighted by molar-refractivity contribution is -0.131. The molecule has 0 heterocycles. The van der Waals surface area contributed by atoms with Crippen molar-refractivity contribution in [1.29, 1.82) is 0 Å². The second-order valence-corrected chi connectivity index (χ2v) is 1.71. The summed E-state index contributed by atoms with van der Waals surface area (Å²) >= 11 is 0. The normalized spacial score (nSPS) is 7.00. The first-order chi connectivity index (χ1) is 5.63. The van der Waals surface area contributed by atoms with Crippen molar-refractivity contribution in [3.05, 3.63) is 0 Å². The highest BCUT2D eigenvalue weighted by molar-refractivity contribution is 5.86. The molecule has 0 spiro atoms. The van der Waals surface area contributed by atoms with Gasteiger partial charge in [-0.3, -0.25) is 0 Å². The minimum atomic E-state index is -1.19. The number of hydrogen-bond acceptors (Lipinski definition) is 2. The lowest BCUT2D eigenvalue weighted by Crippen LogP contribution is -1.87. The number of hydrogen-bond donors (Lipinski definition) is 2. The van der Waals surface area contributed by atoms with Crippen LogP contribution in [0.25, 0.3) is 0 Å². The van der Waals surface area contributed by atoms with E-state index in [4.69, 9.17) is 10.2 Å². The maximum Gasteiger partial charge on any atom is 0.381 e. The van der Waals surface area contributed by atoms with Gasteiger partial charge in [0.05, 0.1) is 0 Å². The fourth-order valence-electron chi connectivity index (χ4n) is 0.401. The second kappa shape index (κ2) is 5.82. The van der Waals surface area contributed by atoms with E-state index in [0.29, 0.717) is 0 Å². The second-order valence-electron chi connectivity index (χ2n) is 1.71. The number of unbranched alkanes of at least 4 members (excludes halogenated alkanes) is 1. The van der Waals surface area contributed by atoms with E-state index in [1.54, 1.807) is 0 Å². The Bertz CT molecular complexity index is 262. The van der Waals surface area contributed by atoms with Crippen molar-refractivity contribution in [2.24, 2.45) is 0 Å². The smallest absolute Gasteiger partial charge is 0.381 e. The van der Waals surface area contributed by atoms with E-state index in [1.807, 2.05) is 11.8 Å². The third-order valence-electron chi connectivity index (χ3n) is 0.766. The first-order valence-corrected chi connectivity index (χ1v) is 3.06. The van der Waals surface area contributed by atoms with Crippen molar-refractivity contribution in [2.45, 2.75) is 12.8 Å². The van der Waals surface area contributed by atoms with Gasteiger partial charge in [-0.05, 0) is 0 Å². The van der Waals surface area contributed by atoms with Crippen LogP contribution in [-0.4, -0.2) is 22.2 Å². The summed E-state index contributed by atoms with van der Waals surface area (Å²) in [5.74, 6) is 6.01. The summed E-state index contributed by atoms with van der Waals surface area (Å²) in [5, 5.41) is 16.1. The quantitative estimate of drug-likeness (QED) is 0.422. The molecule has 0 aliphatic carbocycles. The van der Waals surface area contributed by atoms with Crippen molar-refractivity contribution < 1.29 is 19.8 Å². The molecule has 0 aliphatic rings. The Morgan fingerprint density at radius 3 is 1.50 bits per heavy atom. The minimum Gasteiger partial charge on any atom is -0.472 e. The molecule has 0 aromatic rings. The van der Waals surface area contributed by atoms with Gasteiger partial charge >= 0.3 is 11.9 Å². The Morgan fingerprint density at radius 2 is 1.25 bits per heavy atom. The van der Waals surface area contributed by atoms with Crippen LogP contribution in [0.5, 0.6) is 0 Å². The van der Waals surface area contributed by atoms with Crippen molar-refractivity contribution >= 4 is 11.9 Å². The van der Waals surface area contributed by atoms with Crippen molar-refractivity contribution in [1.82, 2.24) is 0 Å². The first kappa shape index (κ1) is 10.1. The van der Waals surface area contributed by atoms with E-state index in [1.165, 1.54) is 0 Å². The molecule has 0 saturated carbocycles. The molecule has 0 aliphatic heterocycles. The molecule has 0 bridgehead atoms. The zero-order valence-corrected chi connectivity index (χ0v) is 6.13. The number of carboxylic acids is 2. The molecule has 0 unspecified atom stereocenters. The highest BCUT2D eigenvalue weighted by atomic mass is 16.4.